The SMILES string of the molecule is CNCCC1CCN(C(=O)Cc2coc3cc(F)ccc23)CC1.Cl. The lowest BCUT2D eigenvalue weighted by Crippen LogP contribution is -2.39. The van der Waals surface area contributed by atoms with E-state index >= 15 is 0 Å². The molecule has 1 aromatic carbocycles. The molecule has 1 aliphatic rings. The summed E-state index contributed by atoms with van der Waals surface area (Å²) in [6, 6.07) is 4.44. The van der Waals surface area contributed by atoms with Crippen molar-refractivity contribution in [3.05, 3.63) is 35.8 Å². The molecule has 1 aliphatic heterocycles. The van der Waals surface area contributed by atoms with Crippen LogP contribution in [0.1, 0.15) is 24.8 Å². The molecule has 4 nitrogen and oxygen atoms in total. The Bertz CT molecular complexity index is 681. The van der Waals surface area contributed by atoms with Crippen LogP contribution in [0.25, 0.3) is 11.0 Å². The number of nitrogens with one attached hydrogen (secondary N) is 1. The third kappa shape index (κ3) is 4.28. The highest BCUT2D eigenvalue weighted by Crippen LogP contribution is 2.24. The molecule has 132 valence electrons. The number of fused-ring (bicyclic) bond motifs is 1. The van der Waals surface area contributed by atoms with Crippen molar-refractivity contribution in [2.75, 3.05) is 26.7 Å². The predicted octanol–water partition coefficient (Wildman–Crippen LogP) is 3.38. The fourth-order valence-electron chi connectivity index (χ4n) is 3.29. The highest BCUT2D eigenvalue weighted by molar-refractivity contribution is 5.87. The molecule has 24 heavy (non-hydrogen) atoms. The molecule has 1 N–H and O–H groups in total. The monoisotopic (exact) mass is 354 g/mol. The molecule has 0 bridgehead atoms. The van der Waals surface area contributed by atoms with E-state index in [1.807, 2.05) is 11.9 Å². The Hall–Kier alpha value is -1.59. The second kappa shape index (κ2) is 8.49. The van der Waals surface area contributed by atoms with Crippen LogP contribution in [0.15, 0.2) is 28.9 Å². The Kier molecular flexibility index (Phi) is 6.63. The number of furan rings is 1. The second-order valence-electron chi connectivity index (χ2n) is 6.29. The molecular formula is C18H24ClFN2O2. The number of carbonyl (C=O) groups excluding carboxylic acids is 1. The zero-order valence-corrected chi connectivity index (χ0v) is 14.7. The van der Waals surface area contributed by atoms with Crippen molar-refractivity contribution < 1.29 is 13.6 Å². The van der Waals surface area contributed by atoms with Gasteiger partial charge >= 0.3 is 0 Å². The first-order valence-electron chi connectivity index (χ1n) is 8.25. The first-order chi connectivity index (χ1) is 11.2. The number of carbonyl (C=O) groups is 1. The van der Waals surface area contributed by atoms with E-state index in [4.69, 9.17) is 4.42 Å². The Labute approximate surface area is 147 Å². The molecule has 0 unspecified atom stereocenters. The molecule has 6 heteroatoms. The summed E-state index contributed by atoms with van der Waals surface area (Å²) in [4.78, 5) is 14.4. The van der Waals surface area contributed by atoms with Gasteiger partial charge < -0.3 is 14.6 Å². The topological polar surface area (TPSA) is 45.5 Å². The number of hydrogen-bond acceptors (Lipinski definition) is 3. The molecule has 1 aromatic heterocycles. The molecule has 0 atom stereocenters. The van der Waals surface area contributed by atoms with Gasteiger partial charge in [-0.2, -0.15) is 0 Å². The quantitative estimate of drug-likeness (QED) is 0.895. The zero-order chi connectivity index (χ0) is 16.2. The molecule has 0 saturated carbocycles. The standard InChI is InChI=1S/C18H23FN2O2.ClH/c1-20-7-4-13-5-8-21(9-6-13)18(22)10-14-12-23-17-11-15(19)2-3-16(14)17;/h2-3,11-13,20H,4-10H2,1H3;1H. The third-order valence-electron chi connectivity index (χ3n) is 4.73. The van der Waals surface area contributed by atoms with Gasteiger partial charge in [-0.15, -0.1) is 12.4 Å². The lowest BCUT2D eigenvalue weighted by Gasteiger charge is -2.32. The van der Waals surface area contributed by atoms with Gasteiger partial charge in [0.25, 0.3) is 0 Å². The summed E-state index contributed by atoms with van der Waals surface area (Å²) in [6.45, 7) is 2.70. The Morgan fingerprint density at radius 2 is 2.12 bits per heavy atom. The van der Waals surface area contributed by atoms with Gasteiger partial charge in [-0.25, -0.2) is 4.39 Å². The summed E-state index contributed by atoms with van der Waals surface area (Å²) in [5, 5.41) is 4.00. The molecule has 0 aliphatic carbocycles. The first-order valence-corrected chi connectivity index (χ1v) is 8.25. The van der Waals surface area contributed by atoms with Crippen molar-refractivity contribution in [2.24, 2.45) is 5.92 Å². The number of rotatable bonds is 5. The summed E-state index contributed by atoms with van der Waals surface area (Å²) in [5.41, 5.74) is 1.33. The number of halogens is 2. The van der Waals surface area contributed by atoms with E-state index in [0.29, 0.717) is 17.9 Å². The molecule has 1 fully saturated rings. The van der Waals surface area contributed by atoms with Crippen LogP contribution >= 0.6 is 12.4 Å². The van der Waals surface area contributed by atoms with Crippen molar-refractivity contribution in [2.45, 2.75) is 25.7 Å². The first kappa shape index (κ1) is 18.7. The van der Waals surface area contributed by atoms with Crippen LogP contribution in [0.4, 0.5) is 4.39 Å². The van der Waals surface area contributed by atoms with Crippen LogP contribution in [-0.2, 0) is 11.2 Å². The van der Waals surface area contributed by atoms with Crippen LogP contribution in [0.2, 0.25) is 0 Å². The highest BCUT2D eigenvalue weighted by atomic mass is 35.5. The minimum atomic E-state index is -0.326. The molecule has 1 saturated heterocycles. The molecule has 0 spiro atoms. The average molecular weight is 355 g/mol. The van der Waals surface area contributed by atoms with E-state index in [9.17, 15) is 9.18 Å². The van der Waals surface area contributed by atoms with E-state index in [1.54, 1.807) is 12.3 Å². The fourth-order valence-corrected chi connectivity index (χ4v) is 3.29. The number of likely N-dealkylation sites (tertiary alicyclic amines) is 1. The lowest BCUT2D eigenvalue weighted by atomic mass is 9.93. The highest BCUT2D eigenvalue weighted by Gasteiger charge is 2.23. The Morgan fingerprint density at radius 1 is 1.38 bits per heavy atom. The lowest BCUT2D eigenvalue weighted by molar-refractivity contribution is -0.131. The van der Waals surface area contributed by atoms with Crippen LogP contribution in [0, 0.1) is 11.7 Å². The summed E-state index contributed by atoms with van der Waals surface area (Å²) < 4.78 is 18.5. The van der Waals surface area contributed by atoms with Crippen LogP contribution < -0.4 is 5.32 Å². The van der Waals surface area contributed by atoms with Crippen molar-refractivity contribution in [1.82, 2.24) is 10.2 Å². The summed E-state index contributed by atoms with van der Waals surface area (Å²) in [7, 11) is 1.97. The number of piperidine rings is 1. The fraction of sp³-hybridized carbons (Fsp3) is 0.500. The minimum Gasteiger partial charge on any atom is -0.464 e. The number of hydrogen-bond donors (Lipinski definition) is 1. The number of amides is 1. The molecule has 3 rings (SSSR count). The van der Waals surface area contributed by atoms with Crippen LogP contribution in [0.5, 0.6) is 0 Å². The maximum atomic E-state index is 13.2. The van der Waals surface area contributed by atoms with Crippen molar-refractivity contribution >= 4 is 29.3 Å². The minimum absolute atomic E-state index is 0. The number of benzene rings is 1. The second-order valence-corrected chi connectivity index (χ2v) is 6.29. The summed E-state index contributed by atoms with van der Waals surface area (Å²) in [5.74, 6) is 0.515. The van der Waals surface area contributed by atoms with E-state index in [1.165, 1.54) is 18.6 Å². The van der Waals surface area contributed by atoms with Gasteiger partial charge in [0.1, 0.15) is 11.4 Å². The van der Waals surface area contributed by atoms with Gasteiger partial charge in [0.05, 0.1) is 12.7 Å². The van der Waals surface area contributed by atoms with E-state index in [0.717, 1.165) is 43.4 Å². The van der Waals surface area contributed by atoms with Crippen molar-refractivity contribution in [3.8, 4) is 0 Å². The number of nitrogens with zero attached hydrogens (tertiary/aromatic N) is 1. The maximum Gasteiger partial charge on any atom is 0.227 e. The van der Waals surface area contributed by atoms with Gasteiger partial charge in [0.2, 0.25) is 5.91 Å². The molecule has 2 heterocycles. The van der Waals surface area contributed by atoms with Gasteiger partial charge in [0.15, 0.2) is 0 Å². The largest absolute Gasteiger partial charge is 0.464 e. The Morgan fingerprint density at radius 3 is 2.83 bits per heavy atom. The van der Waals surface area contributed by atoms with Gasteiger partial charge in [-0.1, -0.05) is 0 Å². The molecular weight excluding hydrogens is 331 g/mol. The third-order valence-corrected chi connectivity index (χ3v) is 4.73. The van der Waals surface area contributed by atoms with Crippen molar-refractivity contribution in [1.29, 1.82) is 0 Å². The average Bonchev–Trinajstić information content (AvgIpc) is 2.95. The maximum absolute atomic E-state index is 13.2. The summed E-state index contributed by atoms with van der Waals surface area (Å²) in [6.07, 6.45) is 5.22. The van der Waals surface area contributed by atoms with Gasteiger partial charge in [-0.3, -0.25) is 4.79 Å². The smallest absolute Gasteiger partial charge is 0.227 e. The normalized spacial score (nSPS) is 15.5. The molecule has 1 amide bonds. The predicted molar refractivity (Wildman–Crippen MR) is 95.0 cm³/mol. The van der Waals surface area contributed by atoms with Gasteiger partial charge in [0, 0.05) is 30.1 Å². The van der Waals surface area contributed by atoms with E-state index in [2.05, 4.69) is 5.32 Å². The Balaban J connectivity index is 0.00000208. The van der Waals surface area contributed by atoms with Crippen LogP contribution in [-0.4, -0.2) is 37.5 Å². The van der Waals surface area contributed by atoms with E-state index < -0.39 is 0 Å². The van der Waals surface area contributed by atoms with Gasteiger partial charge in [-0.05, 0) is 50.9 Å². The van der Waals surface area contributed by atoms with E-state index in [-0.39, 0.29) is 24.1 Å². The molecule has 2 aromatic rings. The van der Waals surface area contributed by atoms with Crippen molar-refractivity contribution in [3.63, 3.8) is 0 Å². The summed E-state index contributed by atoms with van der Waals surface area (Å²) >= 11 is 0. The zero-order valence-electron chi connectivity index (χ0n) is 13.9. The molecule has 0 radical (unpaired) electrons. The van der Waals surface area contributed by atoms with Crippen LogP contribution in [0.3, 0.4) is 0 Å².